The van der Waals surface area contributed by atoms with Crippen LogP contribution in [0.3, 0.4) is 0 Å². The number of nitrogens with two attached hydrogens (primary N) is 1. The van der Waals surface area contributed by atoms with E-state index in [0.717, 1.165) is 87.9 Å². The monoisotopic (exact) mass is 1910 g/mol. The molecule has 0 aliphatic carbocycles. The van der Waals surface area contributed by atoms with Gasteiger partial charge in [-0.05, 0) is 134 Å². The number of benzene rings is 6. The Kier molecular flexibility index (Phi) is 48.7. The fourth-order valence-electron chi connectivity index (χ4n) is 10.9. The van der Waals surface area contributed by atoms with Crippen LogP contribution in [0.1, 0.15) is 158 Å². The van der Waals surface area contributed by atoms with Crippen LogP contribution in [0.5, 0.6) is 40.8 Å². The number of aldehydes is 2. The summed E-state index contributed by atoms with van der Waals surface area (Å²) >= 11 is 6.90. The molecule has 6 heterocycles. The fourth-order valence-corrected chi connectivity index (χ4v) is 11.7. The molecule has 132 heavy (non-hydrogen) atoms. The van der Waals surface area contributed by atoms with E-state index in [0.29, 0.717) is 101 Å². The maximum absolute atomic E-state index is 12.5. The summed E-state index contributed by atoms with van der Waals surface area (Å²) < 4.78 is 46.7. The van der Waals surface area contributed by atoms with Gasteiger partial charge in [-0.1, -0.05) is 288 Å². The number of hydrogen-bond donors (Lipinski definition) is 4. The minimum atomic E-state index is -0.675. The van der Waals surface area contributed by atoms with Crippen molar-refractivity contribution in [3.63, 3.8) is 0 Å². The van der Waals surface area contributed by atoms with Crippen molar-refractivity contribution in [3.8, 4) is 40.8 Å². The van der Waals surface area contributed by atoms with E-state index in [4.69, 9.17) is 43.6 Å². The van der Waals surface area contributed by atoms with Gasteiger partial charge < -0.3 is 59.6 Å². The summed E-state index contributed by atoms with van der Waals surface area (Å²) in [4.78, 5) is 75.1. The zero-order valence-corrected chi connectivity index (χ0v) is 77.2. The van der Waals surface area contributed by atoms with Crippen LogP contribution < -0.4 is 59.7 Å². The first-order valence-corrected chi connectivity index (χ1v) is 42.4. The van der Waals surface area contributed by atoms with E-state index in [1.54, 1.807) is 69.6 Å². The summed E-state index contributed by atoms with van der Waals surface area (Å²) in [5.41, 5.74) is 16.8. The summed E-state index contributed by atoms with van der Waals surface area (Å²) in [5.74, 6) is 4.43. The second kappa shape index (κ2) is 58.7. The molecule has 0 unspecified atom stereocenters. The minimum Gasteiger partial charge on any atom is -0.487 e. The number of rotatable bonds is 37. The molecule has 0 fully saturated rings. The Balaban J connectivity index is 0.000000333. The predicted molar refractivity (Wildman–Crippen MR) is 545 cm³/mol. The van der Waals surface area contributed by atoms with Crippen LogP contribution in [0.4, 0.5) is 34.3 Å². The second-order valence-electron chi connectivity index (χ2n) is 29.4. The first-order valence-electron chi connectivity index (χ1n) is 40.8. The van der Waals surface area contributed by atoms with Crippen molar-refractivity contribution in [2.75, 3.05) is 60.4 Å². The number of nitrogens with zero attached hydrogens (tertiary/aromatic N) is 10. The molecule has 12 aromatic rings. The Labute approximate surface area is 795 Å². The molecule has 25 nitrogen and oxygen atoms in total. The standard InChI is InChI=1S/C22H28N4O4.C18H20BrNO.C18H20N4O2.C16H15NO.C14H12BrNO.C14H15N3O2.3CH4/c1-6-7-13-23-18-17(14-27)19(29-15-16-11-9-8-10-12-16)25-20(24-18)26(5)21(28)30-22(2,3)4;1-5-14-11-15(18(2,3)4)20-17(19)16(14)21-12-13-9-7-6-8-10-13;1-3-10-19-16-15(12-23)17(22-18(21-16)20-11-4-2)24-13-14-8-6-5-7-9-14;1-3-13-7-9-14(10-8-13)12-18-16-6-5-11-17-15(16)4-2;1-2-13-14(8-12(15)9-16-13)17-10-11-6-4-3-5-7-11;1-3-11-12(18-2)16-14(15)17-13(11)19-9-10-7-5-4-6-8-10;;;/h6,8-12,14H,1,7,13,15H2,2-5H3,(H,23,24,25);5-11H,1,12H2,2-4H3;3-9,12H,1-2,10-11,13H2,(H2,19,20,21,22);3-11H,1-2,12H2;2-9H,1,10H2;3-8H,1,9H2,2H3,(H2,15,16,17);3*1H4. The van der Waals surface area contributed by atoms with Gasteiger partial charge in [0, 0.05) is 60.2 Å². The molecule has 692 valence electrons. The molecule has 0 saturated carbocycles. The van der Waals surface area contributed by atoms with Gasteiger partial charge in [-0.25, -0.2) is 14.7 Å². The maximum atomic E-state index is 12.5. The van der Waals surface area contributed by atoms with Gasteiger partial charge in [-0.2, -0.15) is 29.9 Å². The Morgan fingerprint density at radius 1 is 0.462 bits per heavy atom. The minimum absolute atomic E-state index is 0. The third kappa shape index (κ3) is 37.2. The fraction of sp³-hybridized carbons (Fsp3) is 0.219. The number of anilines is 5. The maximum Gasteiger partial charge on any atom is 0.416 e. The first-order chi connectivity index (χ1) is 62.3. The summed E-state index contributed by atoms with van der Waals surface area (Å²) in [7, 11) is 3.01. The largest absolute Gasteiger partial charge is 0.487 e. The number of carbonyl (C=O) groups excluding carboxylic acids is 3. The van der Waals surface area contributed by atoms with Gasteiger partial charge in [0.15, 0.2) is 18.3 Å². The molecule has 27 heteroatoms. The number of methoxy groups -OCH3 is 1. The zero-order valence-electron chi connectivity index (χ0n) is 74.0. The second-order valence-corrected chi connectivity index (χ2v) is 31.1. The predicted octanol–water partition coefficient (Wildman–Crippen LogP) is 24.9. The Bertz CT molecular complexity index is 5620. The SMILES string of the molecule is C.C.C.C=CCCNc1nc(N(C)C(=O)OC(C)(C)C)nc(OCc2ccccc2)c1C=O.C=CCNc1nc(NCC=C)c(C=O)c(OCc2ccccc2)n1.C=Cc1c(OC)nc(N)nc1OCc1ccccc1.C=Cc1cc(C(C)(C)C)nc(Br)c1OCc1ccccc1.C=Cc1ccc(COc2cccnc2C=C)cc1.C=Cc1ncc(Br)cc1OCc1ccccc1. The quantitative estimate of drug-likeness (QED) is 0.0122. The van der Waals surface area contributed by atoms with Gasteiger partial charge in [0.2, 0.25) is 41.4 Å². The van der Waals surface area contributed by atoms with E-state index in [1.807, 2.05) is 212 Å². The van der Waals surface area contributed by atoms with E-state index in [1.165, 1.54) is 19.1 Å². The number of nitrogen functional groups attached to an aromatic ring is 1. The van der Waals surface area contributed by atoms with Crippen LogP contribution in [0.15, 0.2) is 293 Å². The highest BCUT2D eigenvalue weighted by molar-refractivity contribution is 9.10. The van der Waals surface area contributed by atoms with Crippen LogP contribution in [0, 0.1) is 0 Å². The molecule has 0 radical (unpaired) electrons. The van der Waals surface area contributed by atoms with Gasteiger partial charge in [0.05, 0.1) is 12.7 Å². The summed E-state index contributed by atoms with van der Waals surface area (Å²) in [6.07, 6.45) is 18.5. The number of pyridine rings is 3. The van der Waals surface area contributed by atoms with Gasteiger partial charge in [-0.3, -0.25) is 19.6 Å². The average molecular weight is 1920 g/mol. The van der Waals surface area contributed by atoms with Crippen molar-refractivity contribution in [2.24, 2.45) is 0 Å². The number of halogens is 2. The van der Waals surface area contributed by atoms with Gasteiger partial charge >= 0.3 is 6.09 Å². The molecule has 0 spiro atoms. The lowest BCUT2D eigenvalue weighted by Gasteiger charge is -2.24. The lowest BCUT2D eigenvalue weighted by molar-refractivity contribution is 0.0586. The lowest BCUT2D eigenvalue weighted by Crippen LogP contribution is -2.35. The molecule has 0 aliphatic rings. The van der Waals surface area contributed by atoms with Crippen LogP contribution in [0.25, 0.3) is 30.4 Å². The Hall–Kier alpha value is -14.7. The Morgan fingerprint density at radius 3 is 1.37 bits per heavy atom. The molecule has 6 aromatic heterocycles. The summed E-state index contributed by atoms with van der Waals surface area (Å²) in [5, 5.41) is 9.10. The smallest absolute Gasteiger partial charge is 0.416 e. The molecule has 1 amide bonds. The number of hydrogen-bond acceptors (Lipinski definition) is 24. The van der Waals surface area contributed by atoms with Crippen LogP contribution in [0.2, 0.25) is 0 Å². The molecule has 0 atom stereocenters. The molecule has 6 aromatic carbocycles. The van der Waals surface area contributed by atoms with Crippen LogP contribution in [-0.4, -0.2) is 103 Å². The van der Waals surface area contributed by atoms with E-state index < -0.39 is 11.7 Å². The summed E-state index contributed by atoms with van der Waals surface area (Å²) in [6.45, 7) is 45.4. The van der Waals surface area contributed by atoms with E-state index in [2.05, 4.69) is 166 Å². The van der Waals surface area contributed by atoms with Crippen molar-refractivity contribution in [2.45, 2.75) is 121 Å². The van der Waals surface area contributed by atoms with Crippen molar-refractivity contribution >= 4 is 110 Å². The molecule has 0 bridgehead atoms. The summed E-state index contributed by atoms with van der Waals surface area (Å²) in [6, 6.07) is 64.8. The molecule has 5 N–H and O–H groups in total. The highest BCUT2D eigenvalue weighted by atomic mass is 79.9. The van der Waals surface area contributed by atoms with Gasteiger partial charge in [0.25, 0.3) is 0 Å². The molecular formula is C105H122Br2N14O11. The lowest BCUT2D eigenvalue weighted by atomic mass is 9.91. The average Bonchev–Trinajstić information content (AvgIpc) is 0.820. The highest BCUT2D eigenvalue weighted by Crippen LogP contribution is 2.35. The number of nitrogens with one attached hydrogen (secondary N) is 3. The topological polar surface area (TPSA) is 306 Å². The molecular weight excluding hydrogens is 1790 g/mol. The van der Waals surface area contributed by atoms with Crippen LogP contribution >= 0.6 is 31.9 Å². The van der Waals surface area contributed by atoms with Gasteiger partial charge in [-0.15, -0.1) is 19.7 Å². The third-order valence-corrected chi connectivity index (χ3v) is 18.4. The highest BCUT2D eigenvalue weighted by Gasteiger charge is 2.27. The van der Waals surface area contributed by atoms with Gasteiger partial charge in [0.1, 0.15) is 95.5 Å². The van der Waals surface area contributed by atoms with E-state index in [9.17, 15) is 14.4 Å². The number of ether oxygens (including phenoxy) is 8. The number of amides is 1. The first kappa shape index (κ1) is 110. The van der Waals surface area contributed by atoms with Crippen molar-refractivity contribution in [1.29, 1.82) is 0 Å². The van der Waals surface area contributed by atoms with E-state index >= 15 is 0 Å². The molecule has 0 saturated heterocycles. The van der Waals surface area contributed by atoms with Crippen molar-refractivity contribution < 1.29 is 52.3 Å². The number of aromatic nitrogens is 9. The van der Waals surface area contributed by atoms with Crippen molar-refractivity contribution in [1.82, 2.24) is 44.9 Å². The molecule has 0 aliphatic heterocycles. The normalized spacial score (nSPS) is 10.1. The third-order valence-electron chi connectivity index (χ3n) is 17.5. The van der Waals surface area contributed by atoms with Crippen LogP contribution in [-0.2, 0) is 49.8 Å². The zero-order chi connectivity index (χ0) is 93.4. The molecule has 12 rings (SSSR count). The number of carbonyl (C=O) groups is 3. The van der Waals surface area contributed by atoms with Crippen molar-refractivity contribution in [3.05, 3.63) is 371 Å². The Morgan fingerprint density at radius 2 is 0.917 bits per heavy atom. The van der Waals surface area contributed by atoms with E-state index in [-0.39, 0.29) is 74.9 Å².